The van der Waals surface area contributed by atoms with Crippen molar-refractivity contribution in [3.63, 3.8) is 0 Å². The Kier molecular flexibility index (Phi) is 6.39. The van der Waals surface area contributed by atoms with Crippen molar-refractivity contribution in [1.82, 2.24) is 30.9 Å². The fourth-order valence-electron chi connectivity index (χ4n) is 3.22. The Balaban J connectivity index is 1.62. The van der Waals surface area contributed by atoms with Crippen LogP contribution >= 0.6 is 0 Å². The third-order valence-corrected chi connectivity index (χ3v) is 5.35. The number of carbonyl (C=O) groups is 2. The van der Waals surface area contributed by atoms with Gasteiger partial charge in [-0.3, -0.25) is 9.59 Å². The van der Waals surface area contributed by atoms with E-state index in [9.17, 15) is 9.59 Å². The number of nitrogens with zero attached hydrogens (tertiary/aromatic N) is 3. The number of nitrogens with one attached hydrogen (secondary N) is 5. The molecule has 2 saturated carbocycles. The van der Waals surface area contributed by atoms with Gasteiger partial charge in [-0.05, 0) is 43.7 Å². The van der Waals surface area contributed by atoms with Crippen LogP contribution in [-0.4, -0.2) is 46.6 Å². The molecule has 4 rings (SSSR count). The van der Waals surface area contributed by atoms with E-state index >= 15 is 0 Å². The second-order valence-corrected chi connectivity index (χ2v) is 7.95. The average Bonchev–Trinajstić information content (AvgIpc) is 3.73. The van der Waals surface area contributed by atoms with E-state index in [2.05, 4.69) is 36.2 Å². The van der Waals surface area contributed by atoms with Crippen molar-refractivity contribution in [1.29, 1.82) is 5.41 Å². The molecule has 166 valence electrons. The maximum atomic E-state index is 13.2. The van der Waals surface area contributed by atoms with Crippen LogP contribution in [0.4, 0.5) is 11.4 Å². The fourth-order valence-corrected chi connectivity index (χ4v) is 3.22. The molecular weight excluding hydrogens is 408 g/mol. The van der Waals surface area contributed by atoms with Crippen LogP contribution in [-0.2, 0) is 4.79 Å². The molecule has 10 nitrogen and oxygen atoms in total. The molecule has 0 atom stereocenters. The summed E-state index contributed by atoms with van der Waals surface area (Å²) in [6.07, 6.45) is 9.88. The van der Waals surface area contributed by atoms with Crippen molar-refractivity contribution in [3.8, 4) is 0 Å². The monoisotopic (exact) mass is 434 g/mol. The first kappa shape index (κ1) is 21.4. The number of hydrogen-bond donors (Lipinski definition) is 5. The number of amides is 2. The second-order valence-electron chi connectivity index (χ2n) is 7.95. The Morgan fingerprint density at radius 2 is 1.91 bits per heavy atom. The third kappa shape index (κ3) is 5.26. The van der Waals surface area contributed by atoms with Crippen LogP contribution in [0.15, 0.2) is 42.2 Å². The number of aromatic nitrogens is 3. The summed E-state index contributed by atoms with van der Waals surface area (Å²) in [5.74, 6) is -0.0444. The van der Waals surface area contributed by atoms with E-state index in [-0.39, 0.29) is 17.1 Å². The number of anilines is 2. The van der Waals surface area contributed by atoms with Crippen LogP contribution in [0, 0.1) is 11.3 Å². The minimum absolute atomic E-state index is 0.0858. The average molecular weight is 435 g/mol. The highest BCUT2D eigenvalue weighted by Gasteiger charge is 2.28. The lowest BCUT2D eigenvalue weighted by atomic mass is 10.2. The molecule has 2 aromatic rings. The second kappa shape index (κ2) is 9.54. The molecule has 0 bridgehead atoms. The molecule has 0 unspecified atom stereocenters. The molecule has 2 heterocycles. The van der Waals surface area contributed by atoms with Gasteiger partial charge >= 0.3 is 0 Å². The van der Waals surface area contributed by atoms with Gasteiger partial charge in [0.2, 0.25) is 0 Å². The minimum atomic E-state index is -0.514. The highest BCUT2D eigenvalue weighted by molar-refractivity contribution is 6.05. The topological polar surface area (TPSA) is 145 Å². The summed E-state index contributed by atoms with van der Waals surface area (Å²) >= 11 is 0. The molecule has 2 aliphatic carbocycles. The van der Waals surface area contributed by atoms with Gasteiger partial charge in [-0.25, -0.2) is 15.0 Å². The van der Waals surface area contributed by atoms with Crippen LogP contribution < -0.4 is 21.3 Å². The summed E-state index contributed by atoms with van der Waals surface area (Å²) in [5, 5.41) is 19.3. The summed E-state index contributed by atoms with van der Waals surface area (Å²) in [4.78, 5) is 38.2. The van der Waals surface area contributed by atoms with E-state index in [0.29, 0.717) is 29.8 Å². The Hall–Kier alpha value is -3.82. The molecule has 32 heavy (non-hydrogen) atoms. The first-order chi connectivity index (χ1) is 15.6. The molecule has 2 amide bonds. The van der Waals surface area contributed by atoms with Gasteiger partial charge in [-0.15, -0.1) is 0 Å². The van der Waals surface area contributed by atoms with E-state index in [1.165, 1.54) is 13.4 Å². The van der Waals surface area contributed by atoms with Gasteiger partial charge in [0.25, 0.3) is 11.8 Å². The highest BCUT2D eigenvalue weighted by Crippen LogP contribution is 2.39. The van der Waals surface area contributed by atoms with Crippen molar-refractivity contribution in [2.45, 2.75) is 31.6 Å². The van der Waals surface area contributed by atoms with Gasteiger partial charge in [-0.1, -0.05) is 0 Å². The molecule has 0 aromatic carbocycles. The maximum Gasteiger partial charge on any atom is 0.276 e. The SMILES string of the molecule is CNC(=O)/C(NCC1CC1)=C(/C=N)NC(=O)c1nc(C2CC2)ccc1Nc1cncnc1. The Bertz CT molecular complexity index is 1050. The van der Waals surface area contributed by atoms with Crippen LogP contribution in [0.25, 0.3) is 0 Å². The molecule has 0 saturated heterocycles. The van der Waals surface area contributed by atoms with Crippen LogP contribution in [0.3, 0.4) is 0 Å². The largest absolute Gasteiger partial charge is 0.379 e. The van der Waals surface area contributed by atoms with Crippen molar-refractivity contribution in [3.05, 3.63) is 53.6 Å². The fraction of sp³-hybridized carbons (Fsp3) is 0.364. The number of likely N-dealkylation sites (N-methyl/N-ethyl adjacent to an activating group) is 1. The number of rotatable bonds is 10. The predicted octanol–water partition coefficient (Wildman–Crippen LogP) is 1.83. The van der Waals surface area contributed by atoms with Gasteiger partial charge in [0, 0.05) is 31.4 Å². The predicted molar refractivity (Wildman–Crippen MR) is 120 cm³/mol. The van der Waals surface area contributed by atoms with Crippen molar-refractivity contribution < 1.29 is 9.59 Å². The highest BCUT2D eigenvalue weighted by atomic mass is 16.2. The molecule has 0 spiro atoms. The first-order valence-corrected chi connectivity index (χ1v) is 10.6. The molecule has 2 aliphatic rings. The molecule has 10 heteroatoms. The van der Waals surface area contributed by atoms with Crippen molar-refractivity contribution >= 4 is 29.4 Å². The Labute approximate surface area is 185 Å². The summed E-state index contributed by atoms with van der Waals surface area (Å²) in [5.41, 5.74) is 2.37. The van der Waals surface area contributed by atoms with Gasteiger partial charge in [0.1, 0.15) is 12.0 Å². The molecule has 2 aromatic heterocycles. The number of hydrogen-bond acceptors (Lipinski definition) is 8. The number of pyridine rings is 1. The zero-order valence-corrected chi connectivity index (χ0v) is 17.8. The van der Waals surface area contributed by atoms with Gasteiger partial charge in [-0.2, -0.15) is 0 Å². The van der Waals surface area contributed by atoms with Gasteiger partial charge < -0.3 is 26.7 Å². The third-order valence-electron chi connectivity index (χ3n) is 5.35. The van der Waals surface area contributed by atoms with Gasteiger partial charge in [0.05, 0.1) is 29.5 Å². The molecule has 5 N–H and O–H groups in total. The Morgan fingerprint density at radius 3 is 2.53 bits per heavy atom. The van der Waals surface area contributed by atoms with E-state index in [1.54, 1.807) is 18.5 Å². The van der Waals surface area contributed by atoms with Crippen molar-refractivity contribution in [2.24, 2.45) is 5.92 Å². The van der Waals surface area contributed by atoms with E-state index in [0.717, 1.165) is 37.6 Å². The standard InChI is InChI=1S/C22H26N8O2/c1-24-21(31)19(27-9-13-2-3-13)18(8-23)30-22(32)20-17(28-15-10-25-12-26-11-15)7-6-16(29-20)14-4-5-14/h6-8,10-14,23,27-28H,2-5,9H2,1H3,(H,24,31)(H,30,32)/b19-18+,23-8?. The summed E-state index contributed by atoms with van der Waals surface area (Å²) in [6.45, 7) is 0.617. The van der Waals surface area contributed by atoms with E-state index in [4.69, 9.17) is 5.41 Å². The van der Waals surface area contributed by atoms with Gasteiger partial charge in [0.15, 0.2) is 5.69 Å². The zero-order chi connectivity index (χ0) is 22.5. The smallest absolute Gasteiger partial charge is 0.276 e. The molecule has 0 radical (unpaired) electrons. The first-order valence-electron chi connectivity index (χ1n) is 10.6. The summed E-state index contributed by atoms with van der Waals surface area (Å²) in [7, 11) is 1.51. The molecular formula is C22H26N8O2. The van der Waals surface area contributed by atoms with Crippen LogP contribution in [0.1, 0.15) is 47.8 Å². The lowest BCUT2D eigenvalue weighted by molar-refractivity contribution is -0.117. The molecule has 2 fully saturated rings. The maximum absolute atomic E-state index is 13.2. The lowest BCUT2D eigenvalue weighted by Crippen LogP contribution is -2.37. The normalized spacial score (nSPS) is 15.9. The van der Waals surface area contributed by atoms with Crippen LogP contribution in [0.5, 0.6) is 0 Å². The van der Waals surface area contributed by atoms with Crippen LogP contribution in [0.2, 0.25) is 0 Å². The minimum Gasteiger partial charge on any atom is -0.379 e. The summed E-state index contributed by atoms with van der Waals surface area (Å²) in [6, 6.07) is 3.71. The zero-order valence-electron chi connectivity index (χ0n) is 17.8. The van der Waals surface area contributed by atoms with Crippen molar-refractivity contribution in [2.75, 3.05) is 18.9 Å². The Morgan fingerprint density at radius 1 is 1.16 bits per heavy atom. The van der Waals surface area contributed by atoms with E-state index in [1.807, 2.05) is 6.07 Å². The summed E-state index contributed by atoms with van der Waals surface area (Å²) < 4.78 is 0. The number of allylic oxidation sites excluding steroid dienone is 1. The van der Waals surface area contributed by atoms with E-state index < -0.39 is 11.8 Å². The quantitative estimate of drug-likeness (QED) is 0.283. The number of carbonyl (C=O) groups excluding carboxylic acids is 2. The molecule has 0 aliphatic heterocycles. The lowest BCUT2D eigenvalue weighted by Gasteiger charge is -2.16.